The van der Waals surface area contributed by atoms with Gasteiger partial charge in [0, 0.05) is 31.2 Å². The fourth-order valence-corrected chi connectivity index (χ4v) is 4.93. The fourth-order valence-electron chi connectivity index (χ4n) is 3.64. The summed E-state index contributed by atoms with van der Waals surface area (Å²) >= 11 is 7.74. The highest BCUT2D eigenvalue weighted by molar-refractivity contribution is 7.22. The number of amides is 1. The number of benzene rings is 3. The first-order chi connectivity index (χ1) is 15.2. The summed E-state index contributed by atoms with van der Waals surface area (Å²) in [5, 5.41) is 1.69. The average Bonchev–Trinajstić information content (AvgIpc) is 3.23. The van der Waals surface area contributed by atoms with Crippen LogP contribution in [0.1, 0.15) is 10.4 Å². The van der Waals surface area contributed by atoms with Gasteiger partial charge in [0.05, 0.1) is 15.8 Å². The van der Waals surface area contributed by atoms with E-state index in [1.807, 2.05) is 77.7 Å². The summed E-state index contributed by atoms with van der Waals surface area (Å²) in [5.41, 5.74) is 1.53. The van der Waals surface area contributed by atoms with Gasteiger partial charge in [-0.1, -0.05) is 53.3 Å². The molecule has 0 saturated carbocycles. The van der Waals surface area contributed by atoms with E-state index in [1.54, 1.807) is 11.3 Å². The Morgan fingerprint density at radius 3 is 2.48 bits per heavy atom. The van der Waals surface area contributed by atoms with Crippen molar-refractivity contribution in [3.8, 4) is 11.5 Å². The minimum absolute atomic E-state index is 0.0118. The third-order valence-corrected chi connectivity index (χ3v) is 6.58. The molecule has 1 saturated heterocycles. The molecule has 156 valence electrons. The van der Waals surface area contributed by atoms with Crippen molar-refractivity contribution >= 4 is 44.2 Å². The standard InChI is InChI=1S/C24H20ClN3O2S/c25-17-10-11-20-22(16-17)31-24(26-20)28-14-12-27(13-15-28)23(29)19-8-4-5-9-21(19)30-18-6-2-1-3-7-18/h1-11,16H,12-15H2. The maximum absolute atomic E-state index is 13.2. The maximum Gasteiger partial charge on any atom is 0.257 e. The van der Waals surface area contributed by atoms with Crippen molar-refractivity contribution in [2.75, 3.05) is 31.1 Å². The smallest absolute Gasteiger partial charge is 0.257 e. The summed E-state index contributed by atoms with van der Waals surface area (Å²) < 4.78 is 7.06. The number of thiazole rings is 1. The minimum Gasteiger partial charge on any atom is -0.457 e. The van der Waals surface area contributed by atoms with Crippen LogP contribution in [-0.2, 0) is 0 Å². The molecule has 3 aromatic carbocycles. The lowest BCUT2D eigenvalue weighted by Gasteiger charge is -2.34. The minimum atomic E-state index is -0.0118. The van der Waals surface area contributed by atoms with Crippen molar-refractivity contribution in [2.45, 2.75) is 0 Å². The number of aromatic nitrogens is 1. The molecule has 4 aromatic rings. The van der Waals surface area contributed by atoms with Crippen LogP contribution in [0.25, 0.3) is 10.2 Å². The lowest BCUT2D eigenvalue weighted by molar-refractivity contribution is 0.0744. The zero-order chi connectivity index (χ0) is 21.2. The number of para-hydroxylation sites is 2. The molecule has 0 spiro atoms. The van der Waals surface area contributed by atoms with E-state index in [1.165, 1.54) is 0 Å². The summed E-state index contributed by atoms with van der Waals surface area (Å²) in [4.78, 5) is 22.1. The molecule has 1 amide bonds. The van der Waals surface area contributed by atoms with Gasteiger partial charge in [-0.3, -0.25) is 4.79 Å². The first-order valence-corrected chi connectivity index (χ1v) is 11.3. The summed E-state index contributed by atoms with van der Waals surface area (Å²) in [5.74, 6) is 1.27. The number of carbonyl (C=O) groups excluding carboxylic acids is 1. The van der Waals surface area contributed by atoms with Gasteiger partial charge in [0.15, 0.2) is 5.13 Å². The molecule has 1 aliphatic heterocycles. The Kier molecular flexibility index (Phi) is 5.49. The third kappa shape index (κ3) is 4.22. The molecule has 0 atom stereocenters. The lowest BCUT2D eigenvalue weighted by Crippen LogP contribution is -2.48. The van der Waals surface area contributed by atoms with E-state index in [4.69, 9.17) is 21.3 Å². The molecule has 1 aliphatic rings. The fraction of sp³-hybridized carbons (Fsp3) is 0.167. The van der Waals surface area contributed by atoms with Crippen LogP contribution >= 0.6 is 22.9 Å². The summed E-state index contributed by atoms with van der Waals surface area (Å²) in [6, 6.07) is 22.7. The van der Waals surface area contributed by atoms with Crippen molar-refractivity contribution < 1.29 is 9.53 Å². The molecule has 0 unspecified atom stereocenters. The van der Waals surface area contributed by atoms with Gasteiger partial charge in [0.25, 0.3) is 5.91 Å². The molecule has 1 fully saturated rings. The molecular weight excluding hydrogens is 430 g/mol. The number of ether oxygens (including phenoxy) is 1. The van der Waals surface area contributed by atoms with Gasteiger partial charge in [0.1, 0.15) is 11.5 Å². The Labute approximate surface area is 189 Å². The number of fused-ring (bicyclic) bond motifs is 1. The Morgan fingerprint density at radius 2 is 1.68 bits per heavy atom. The van der Waals surface area contributed by atoms with Crippen molar-refractivity contribution in [3.05, 3.63) is 83.4 Å². The molecule has 2 heterocycles. The SMILES string of the molecule is O=C(c1ccccc1Oc1ccccc1)N1CCN(c2nc3ccc(Cl)cc3s2)CC1. The van der Waals surface area contributed by atoms with Crippen LogP contribution in [0, 0.1) is 0 Å². The summed E-state index contributed by atoms with van der Waals surface area (Å²) in [7, 11) is 0. The number of halogens is 1. The first-order valence-electron chi connectivity index (χ1n) is 10.1. The molecular formula is C24H20ClN3O2S. The molecule has 1 aromatic heterocycles. The monoisotopic (exact) mass is 449 g/mol. The zero-order valence-corrected chi connectivity index (χ0v) is 18.3. The number of hydrogen-bond donors (Lipinski definition) is 0. The number of rotatable bonds is 4. The highest BCUT2D eigenvalue weighted by Crippen LogP contribution is 2.32. The topological polar surface area (TPSA) is 45.7 Å². The molecule has 0 aliphatic carbocycles. The molecule has 5 nitrogen and oxygen atoms in total. The average molecular weight is 450 g/mol. The van der Waals surface area contributed by atoms with Crippen molar-refractivity contribution in [3.63, 3.8) is 0 Å². The Bertz CT molecular complexity index is 1220. The normalized spacial score (nSPS) is 14.1. The van der Waals surface area contributed by atoms with Crippen molar-refractivity contribution in [1.29, 1.82) is 0 Å². The predicted molar refractivity (Wildman–Crippen MR) is 126 cm³/mol. The molecule has 0 bridgehead atoms. The second-order valence-electron chi connectivity index (χ2n) is 7.30. The zero-order valence-electron chi connectivity index (χ0n) is 16.7. The van der Waals surface area contributed by atoms with E-state index in [0.29, 0.717) is 30.2 Å². The number of anilines is 1. The Balaban J connectivity index is 1.29. The van der Waals surface area contributed by atoms with Crippen LogP contribution in [0.2, 0.25) is 5.02 Å². The van der Waals surface area contributed by atoms with Gasteiger partial charge in [-0.25, -0.2) is 4.98 Å². The van der Waals surface area contributed by atoms with Crippen LogP contribution in [-0.4, -0.2) is 42.0 Å². The third-order valence-electron chi connectivity index (χ3n) is 5.27. The number of nitrogens with zero attached hydrogens (tertiary/aromatic N) is 3. The number of hydrogen-bond acceptors (Lipinski definition) is 5. The van der Waals surface area contributed by atoms with E-state index in [-0.39, 0.29) is 5.91 Å². The molecule has 31 heavy (non-hydrogen) atoms. The quantitative estimate of drug-likeness (QED) is 0.400. The van der Waals surface area contributed by atoms with E-state index in [9.17, 15) is 4.79 Å². The van der Waals surface area contributed by atoms with Crippen LogP contribution < -0.4 is 9.64 Å². The molecule has 0 radical (unpaired) electrons. The van der Waals surface area contributed by atoms with E-state index < -0.39 is 0 Å². The van der Waals surface area contributed by atoms with Gasteiger partial charge in [-0.2, -0.15) is 0 Å². The van der Waals surface area contributed by atoms with Crippen molar-refractivity contribution in [2.24, 2.45) is 0 Å². The van der Waals surface area contributed by atoms with Gasteiger partial charge >= 0.3 is 0 Å². The van der Waals surface area contributed by atoms with Crippen LogP contribution in [0.3, 0.4) is 0 Å². The first kappa shape index (κ1) is 19.8. The maximum atomic E-state index is 13.2. The van der Waals surface area contributed by atoms with Crippen LogP contribution in [0.5, 0.6) is 11.5 Å². The summed E-state index contributed by atoms with van der Waals surface area (Å²) in [6.45, 7) is 2.74. The van der Waals surface area contributed by atoms with E-state index >= 15 is 0 Å². The highest BCUT2D eigenvalue weighted by atomic mass is 35.5. The highest BCUT2D eigenvalue weighted by Gasteiger charge is 2.25. The number of carbonyl (C=O) groups is 1. The predicted octanol–water partition coefficient (Wildman–Crippen LogP) is 5.70. The molecule has 5 rings (SSSR count). The van der Waals surface area contributed by atoms with Crippen LogP contribution in [0.4, 0.5) is 5.13 Å². The second-order valence-corrected chi connectivity index (χ2v) is 8.74. The Morgan fingerprint density at radius 1 is 0.935 bits per heavy atom. The summed E-state index contributed by atoms with van der Waals surface area (Å²) in [6.07, 6.45) is 0. The molecule has 0 N–H and O–H groups in total. The Hall–Kier alpha value is -3.09. The lowest BCUT2D eigenvalue weighted by atomic mass is 10.1. The van der Waals surface area contributed by atoms with Gasteiger partial charge in [-0.05, 0) is 42.5 Å². The number of piperazine rings is 1. The molecule has 7 heteroatoms. The second kappa shape index (κ2) is 8.57. The van der Waals surface area contributed by atoms with E-state index in [0.717, 1.165) is 33.5 Å². The van der Waals surface area contributed by atoms with Gasteiger partial charge < -0.3 is 14.5 Å². The van der Waals surface area contributed by atoms with Crippen molar-refractivity contribution in [1.82, 2.24) is 9.88 Å². The van der Waals surface area contributed by atoms with Gasteiger partial charge in [-0.15, -0.1) is 0 Å². The van der Waals surface area contributed by atoms with Gasteiger partial charge in [0.2, 0.25) is 0 Å². The largest absolute Gasteiger partial charge is 0.457 e. The van der Waals surface area contributed by atoms with Crippen LogP contribution in [0.15, 0.2) is 72.8 Å². The van der Waals surface area contributed by atoms with E-state index in [2.05, 4.69) is 4.90 Å².